The van der Waals surface area contributed by atoms with Crippen LogP contribution in [-0.4, -0.2) is 38.0 Å². The minimum absolute atomic E-state index is 0.453. The molecule has 3 heteroatoms. The van der Waals surface area contributed by atoms with Crippen LogP contribution in [-0.2, 0) is 9.47 Å². The van der Waals surface area contributed by atoms with Crippen molar-refractivity contribution < 1.29 is 9.47 Å². The van der Waals surface area contributed by atoms with E-state index in [9.17, 15) is 0 Å². The first-order valence-corrected chi connectivity index (χ1v) is 6.90. The van der Waals surface area contributed by atoms with Crippen LogP contribution in [0.5, 0.6) is 0 Å². The van der Waals surface area contributed by atoms with Crippen LogP contribution in [0.1, 0.15) is 38.5 Å². The molecule has 16 heavy (non-hydrogen) atoms. The molecule has 3 fully saturated rings. The fourth-order valence-corrected chi connectivity index (χ4v) is 2.97. The van der Waals surface area contributed by atoms with Gasteiger partial charge in [0.05, 0.1) is 12.2 Å². The van der Waals surface area contributed by atoms with Crippen molar-refractivity contribution in [3.05, 3.63) is 0 Å². The van der Waals surface area contributed by atoms with E-state index in [2.05, 4.69) is 5.32 Å². The van der Waals surface area contributed by atoms with Gasteiger partial charge in [-0.3, -0.25) is 0 Å². The maximum absolute atomic E-state index is 5.83. The summed E-state index contributed by atoms with van der Waals surface area (Å²) in [5.74, 6) is 0.854. The van der Waals surface area contributed by atoms with Gasteiger partial charge < -0.3 is 14.8 Å². The SMILES string of the molecule is C1CCC(CNC2CCOC2C2CC2)OC1. The molecule has 2 heterocycles. The van der Waals surface area contributed by atoms with Gasteiger partial charge in [0.25, 0.3) is 0 Å². The zero-order valence-electron chi connectivity index (χ0n) is 9.99. The fraction of sp³-hybridized carbons (Fsp3) is 1.00. The molecular weight excluding hydrogens is 202 g/mol. The van der Waals surface area contributed by atoms with Crippen molar-refractivity contribution in [2.45, 2.75) is 56.8 Å². The van der Waals surface area contributed by atoms with Crippen molar-refractivity contribution >= 4 is 0 Å². The minimum atomic E-state index is 0.453. The molecule has 3 unspecified atom stereocenters. The van der Waals surface area contributed by atoms with E-state index >= 15 is 0 Å². The van der Waals surface area contributed by atoms with E-state index in [1.54, 1.807) is 0 Å². The van der Waals surface area contributed by atoms with Crippen LogP contribution in [0.25, 0.3) is 0 Å². The van der Waals surface area contributed by atoms with Gasteiger partial charge in [-0.15, -0.1) is 0 Å². The third-order valence-electron chi connectivity index (χ3n) is 4.10. The van der Waals surface area contributed by atoms with Gasteiger partial charge in [-0.1, -0.05) is 0 Å². The molecule has 1 saturated carbocycles. The van der Waals surface area contributed by atoms with Crippen LogP contribution in [0, 0.1) is 5.92 Å². The normalized spacial score (nSPS) is 40.1. The molecule has 0 amide bonds. The number of hydrogen-bond acceptors (Lipinski definition) is 3. The molecule has 3 rings (SSSR count). The molecule has 0 aromatic heterocycles. The third kappa shape index (κ3) is 2.58. The Labute approximate surface area is 97.9 Å². The number of rotatable bonds is 4. The zero-order chi connectivity index (χ0) is 10.8. The monoisotopic (exact) mass is 225 g/mol. The summed E-state index contributed by atoms with van der Waals surface area (Å²) >= 11 is 0. The number of ether oxygens (including phenoxy) is 2. The molecule has 3 atom stereocenters. The molecule has 2 saturated heterocycles. The molecule has 0 bridgehead atoms. The topological polar surface area (TPSA) is 30.5 Å². The van der Waals surface area contributed by atoms with E-state index in [1.807, 2.05) is 0 Å². The first-order chi connectivity index (χ1) is 7.93. The predicted molar refractivity (Wildman–Crippen MR) is 62.5 cm³/mol. The summed E-state index contributed by atoms with van der Waals surface area (Å²) in [6, 6.07) is 0.595. The highest BCUT2D eigenvalue weighted by atomic mass is 16.5. The Kier molecular flexibility index (Phi) is 3.46. The average Bonchev–Trinajstić information content (AvgIpc) is 3.07. The molecule has 3 nitrogen and oxygen atoms in total. The van der Waals surface area contributed by atoms with Crippen LogP contribution in [0.3, 0.4) is 0 Å². The van der Waals surface area contributed by atoms with Crippen molar-refractivity contribution in [1.82, 2.24) is 5.32 Å². The van der Waals surface area contributed by atoms with Crippen LogP contribution < -0.4 is 5.32 Å². The summed E-state index contributed by atoms with van der Waals surface area (Å²) in [6.07, 6.45) is 8.71. The Morgan fingerprint density at radius 1 is 0.938 bits per heavy atom. The average molecular weight is 225 g/mol. The quantitative estimate of drug-likeness (QED) is 0.790. The predicted octanol–water partition coefficient (Wildman–Crippen LogP) is 1.71. The second-order valence-electron chi connectivity index (χ2n) is 5.46. The molecule has 0 spiro atoms. The smallest absolute Gasteiger partial charge is 0.0756 e. The Bertz CT molecular complexity index is 224. The van der Waals surface area contributed by atoms with Gasteiger partial charge in [0.2, 0.25) is 0 Å². The van der Waals surface area contributed by atoms with E-state index < -0.39 is 0 Å². The largest absolute Gasteiger partial charge is 0.377 e. The van der Waals surface area contributed by atoms with Crippen molar-refractivity contribution in [2.75, 3.05) is 19.8 Å². The maximum atomic E-state index is 5.83. The van der Waals surface area contributed by atoms with Gasteiger partial charge in [-0.25, -0.2) is 0 Å². The molecule has 0 aromatic carbocycles. The van der Waals surface area contributed by atoms with Crippen LogP contribution in [0.4, 0.5) is 0 Å². The lowest BCUT2D eigenvalue weighted by Crippen LogP contribution is -2.42. The van der Waals surface area contributed by atoms with Crippen LogP contribution >= 0.6 is 0 Å². The Balaban J connectivity index is 1.42. The van der Waals surface area contributed by atoms with E-state index in [1.165, 1.54) is 38.5 Å². The minimum Gasteiger partial charge on any atom is -0.377 e. The second-order valence-corrected chi connectivity index (χ2v) is 5.46. The van der Waals surface area contributed by atoms with Crippen LogP contribution in [0.2, 0.25) is 0 Å². The van der Waals surface area contributed by atoms with Crippen LogP contribution in [0.15, 0.2) is 0 Å². The Hall–Kier alpha value is -0.120. The van der Waals surface area contributed by atoms with Gasteiger partial charge in [0.1, 0.15) is 0 Å². The number of hydrogen-bond donors (Lipinski definition) is 1. The summed E-state index contributed by atoms with van der Waals surface area (Å²) < 4.78 is 11.6. The Morgan fingerprint density at radius 3 is 2.62 bits per heavy atom. The highest BCUT2D eigenvalue weighted by molar-refractivity contribution is 4.93. The number of nitrogens with one attached hydrogen (secondary N) is 1. The van der Waals surface area contributed by atoms with Crippen molar-refractivity contribution in [2.24, 2.45) is 5.92 Å². The highest BCUT2D eigenvalue weighted by Gasteiger charge is 2.40. The third-order valence-corrected chi connectivity index (χ3v) is 4.10. The van der Waals surface area contributed by atoms with Crippen molar-refractivity contribution in [3.63, 3.8) is 0 Å². The summed E-state index contributed by atoms with van der Waals surface area (Å²) in [5, 5.41) is 3.67. The maximum Gasteiger partial charge on any atom is 0.0756 e. The first kappa shape index (κ1) is 11.0. The van der Waals surface area contributed by atoms with Gasteiger partial charge in [-0.2, -0.15) is 0 Å². The molecule has 0 radical (unpaired) electrons. The molecule has 2 aliphatic heterocycles. The standard InChI is InChI=1S/C13H23NO2/c1-2-7-15-11(3-1)9-14-12-6-8-16-13(12)10-4-5-10/h10-14H,1-9H2. The molecule has 92 valence electrons. The summed E-state index contributed by atoms with van der Waals surface area (Å²) in [5.41, 5.74) is 0. The lowest BCUT2D eigenvalue weighted by molar-refractivity contribution is 0.0120. The second kappa shape index (κ2) is 5.03. The first-order valence-electron chi connectivity index (χ1n) is 6.90. The van der Waals surface area contributed by atoms with Crippen molar-refractivity contribution in [1.29, 1.82) is 0 Å². The van der Waals surface area contributed by atoms with E-state index in [4.69, 9.17) is 9.47 Å². The molecule has 0 aromatic rings. The van der Waals surface area contributed by atoms with E-state index in [0.717, 1.165) is 25.7 Å². The summed E-state index contributed by atoms with van der Waals surface area (Å²) in [7, 11) is 0. The molecular formula is C13H23NO2. The molecule has 3 aliphatic rings. The summed E-state index contributed by atoms with van der Waals surface area (Å²) in [4.78, 5) is 0. The van der Waals surface area contributed by atoms with Crippen molar-refractivity contribution in [3.8, 4) is 0 Å². The zero-order valence-corrected chi connectivity index (χ0v) is 9.99. The van der Waals surface area contributed by atoms with E-state index in [0.29, 0.717) is 18.2 Å². The molecule has 1 N–H and O–H groups in total. The van der Waals surface area contributed by atoms with Gasteiger partial charge in [0, 0.05) is 25.8 Å². The summed E-state index contributed by atoms with van der Waals surface area (Å²) in [6.45, 7) is 2.93. The molecule has 1 aliphatic carbocycles. The fourth-order valence-electron chi connectivity index (χ4n) is 2.97. The van der Waals surface area contributed by atoms with Gasteiger partial charge >= 0.3 is 0 Å². The van der Waals surface area contributed by atoms with Gasteiger partial charge in [-0.05, 0) is 44.4 Å². The van der Waals surface area contributed by atoms with E-state index in [-0.39, 0.29) is 0 Å². The lowest BCUT2D eigenvalue weighted by atomic mass is 10.0. The Morgan fingerprint density at radius 2 is 1.88 bits per heavy atom. The van der Waals surface area contributed by atoms with Gasteiger partial charge in [0.15, 0.2) is 0 Å². The highest BCUT2D eigenvalue weighted by Crippen LogP contribution is 2.38. The lowest BCUT2D eigenvalue weighted by Gasteiger charge is -2.26.